The summed E-state index contributed by atoms with van der Waals surface area (Å²) in [5.41, 5.74) is 8.06. The maximum absolute atomic E-state index is 12.5. The van der Waals surface area contributed by atoms with Crippen molar-refractivity contribution in [2.45, 2.75) is 65.3 Å². The molecule has 0 aliphatic heterocycles. The third-order valence-corrected chi connectivity index (χ3v) is 5.07. The molecule has 1 aliphatic carbocycles. The van der Waals surface area contributed by atoms with Crippen molar-refractivity contribution >= 4 is 29.9 Å². The minimum Gasteiger partial charge on any atom is -0.350 e. The predicted molar refractivity (Wildman–Crippen MR) is 109 cm³/mol. The molecule has 5 nitrogen and oxygen atoms in total. The van der Waals surface area contributed by atoms with Gasteiger partial charge in [0.15, 0.2) is 0 Å². The molecule has 0 atom stereocenters. The molecule has 26 heavy (non-hydrogen) atoms. The minimum absolute atomic E-state index is 0. The minimum atomic E-state index is -0.116. The number of nitrogens with two attached hydrogens (primary N) is 1. The van der Waals surface area contributed by atoms with Crippen LogP contribution >= 0.6 is 12.4 Å². The van der Waals surface area contributed by atoms with Gasteiger partial charge in [0.2, 0.25) is 5.91 Å². The SMILES string of the molecule is Cc1ccc(NC(=O)CC2(CN)CCCCC2)cc1C(=O)NC(C)C.Cl. The average molecular weight is 382 g/mol. The largest absolute Gasteiger partial charge is 0.350 e. The second kappa shape index (κ2) is 9.93. The van der Waals surface area contributed by atoms with Crippen LogP contribution in [-0.4, -0.2) is 24.4 Å². The standard InChI is InChI=1S/C20H31N3O2.ClH/c1-14(2)22-19(25)17-11-16(8-7-15(17)3)23-18(24)12-20(13-21)9-5-4-6-10-20;/h7-8,11,14H,4-6,9-10,12-13,21H2,1-3H3,(H,22,25)(H,23,24);1H. The maximum atomic E-state index is 12.5. The zero-order valence-electron chi connectivity index (χ0n) is 16.1. The fraction of sp³-hybridized carbons (Fsp3) is 0.600. The first-order valence-electron chi connectivity index (χ1n) is 9.27. The summed E-state index contributed by atoms with van der Waals surface area (Å²) in [6, 6.07) is 5.53. The third-order valence-electron chi connectivity index (χ3n) is 5.07. The summed E-state index contributed by atoms with van der Waals surface area (Å²) in [7, 11) is 0. The van der Waals surface area contributed by atoms with Crippen molar-refractivity contribution in [1.82, 2.24) is 5.32 Å². The van der Waals surface area contributed by atoms with E-state index in [-0.39, 0.29) is 35.7 Å². The van der Waals surface area contributed by atoms with Gasteiger partial charge >= 0.3 is 0 Å². The van der Waals surface area contributed by atoms with Crippen LogP contribution in [0.25, 0.3) is 0 Å². The predicted octanol–water partition coefficient (Wildman–Crippen LogP) is 3.79. The molecule has 0 aromatic heterocycles. The summed E-state index contributed by atoms with van der Waals surface area (Å²) in [4.78, 5) is 24.8. The molecule has 6 heteroatoms. The summed E-state index contributed by atoms with van der Waals surface area (Å²) >= 11 is 0. The molecule has 1 aliphatic rings. The number of rotatable bonds is 6. The zero-order chi connectivity index (χ0) is 18.4. The van der Waals surface area contributed by atoms with Gasteiger partial charge in [0.25, 0.3) is 5.91 Å². The maximum Gasteiger partial charge on any atom is 0.251 e. The lowest BCUT2D eigenvalue weighted by Gasteiger charge is -2.35. The Kier molecular flexibility index (Phi) is 8.57. The van der Waals surface area contributed by atoms with Gasteiger partial charge in [0, 0.05) is 23.7 Å². The lowest BCUT2D eigenvalue weighted by molar-refractivity contribution is -0.118. The number of halogens is 1. The second-order valence-corrected chi connectivity index (χ2v) is 7.65. The highest BCUT2D eigenvalue weighted by atomic mass is 35.5. The number of carbonyl (C=O) groups is 2. The Hall–Kier alpha value is -1.59. The van der Waals surface area contributed by atoms with Crippen LogP contribution in [0.15, 0.2) is 18.2 Å². The van der Waals surface area contributed by atoms with Gasteiger partial charge < -0.3 is 16.4 Å². The molecule has 0 heterocycles. The molecule has 0 unspecified atom stereocenters. The van der Waals surface area contributed by atoms with Crippen molar-refractivity contribution < 1.29 is 9.59 Å². The molecule has 1 saturated carbocycles. The van der Waals surface area contributed by atoms with Crippen molar-refractivity contribution in [3.63, 3.8) is 0 Å². The number of benzene rings is 1. The van der Waals surface area contributed by atoms with E-state index in [2.05, 4.69) is 10.6 Å². The Bertz CT molecular complexity index is 625. The molecule has 2 rings (SSSR count). The monoisotopic (exact) mass is 381 g/mol. The number of aryl methyl sites for hydroxylation is 1. The summed E-state index contributed by atoms with van der Waals surface area (Å²) in [6.45, 7) is 6.30. The van der Waals surface area contributed by atoms with E-state index in [4.69, 9.17) is 5.73 Å². The number of carbonyl (C=O) groups excluding carboxylic acids is 2. The second-order valence-electron chi connectivity index (χ2n) is 7.65. The van der Waals surface area contributed by atoms with Crippen molar-refractivity contribution in [2.75, 3.05) is 11.9 Å². The molecule has 1 aromatic rings. The smallest absolute Gasteiger partial charge is 0.251 e. The topological polar surface area (TPSA) is 84.2 Å². The molecule has 0 radical (unpaired) electrons. The third kappa shape index (κ3) is 5.99. The first-order chi connectivity index (χ1) is 11.8. The molecule has 146 valence electrons. The van der Waals surface area contributed by atoms with E-state index in [0.29, 0.717) is 24.2 Å². The van der Waals surface area contributed by atoms with E-state index in [1.807, 2.05) is 32.9 Å². The van der Waals surface area contributed by atoms with Crippen LogP contribution in [0.2, 0.25) is 0 Å². The van der Waals surface area contributed by atoms with E-state index < -0.39 is 0 Å². The molecule has 1 fully saturated rings. The summed E-state index contributed by atoms with van der Waals surface area (Å²) in [6.07, 6.45) is 6.02. The highest BCUT2D eigenvalue weighted by molar-refractivity contribution is 5.98. The quantitative estimate of drug-likeness (QED) is 0.700. The summed E-state index contributed by atoms with van der Waals surface area (Å²) < 4.78 is 0. The molecule has 4 N–H and O–H groups in total. The number of hydrogen-bond acceptors (Lipinski definition) is 3. The van der Waals surface area contributed by atoms with Gasteiger partial charge in [-0.3, -0.25) is 9.59 Å². The Balaban J connectivity index is 0.00000338. The Morgan fingerprint density at radius 2 is 1.85 bits per heavy atom. The van der Waals surface area contributed by atoms with Crippen molar-refractivity contribution in [2.24, 2.45) is 11.1 Å². The van der Waals surface area contributed by atoms with Gasteiger partial charge in [-0.1, -0.05) is 25.3 Å². The highest BCUT2D eigenvalue weighted by Gasteiger charge is 2.33. The molecule has 2 amide bonds. The van der Waals surface area contributed by atoms with Crippen LogP contribution < -0.4 is 16.4 Å². The Morgan fingerprint density at radius 1 is 1.19 bits per heavy atom. The fourth-order valence-electron chi connectivity index (χ4n) is 3.58. The molecular weight excluding hydrogens is 350 g/mol. The molecule has 0 bridgehead atoms. The lowest BCUT2D eigenvalue weighted by Crippen LogP contribution is -2.36. The van der Waals surface area contributed by atoms with Crippen molar-refractivity contribution in [3.05, 3.63) is 29.3 Å². The zero-order valence-corrected chi connectivity index (χ0v) is 16.9. The Morgan fingerprint density at radius 3 is 2.42 bits per heavy atom. The van der Waals surface area contributed by atoms with Crippen LogP contribution in [0, 0.1) is 12.3 Å². The van der Waals surface area contributed by atoms with Gasteiger partial charge in [-0.15, -0.1) is 12.4 Å². The number of anilines is 1. The van der Waals surface area contributed by atoms with Gasteiger partial charge in [-0.05, 0) is 63.3 Å². The van der Waals surface area contributed by atoms with Crippen LogP contribution in [-0.2, 0) is 4.79 Å². The highest BCUT2D eigenvalue weighted by Crippen LogP contribution is 2.38. The van der Waals surface area contributed by atoms with Crippen LogP contribution in [0.5, 0.6) is 0 Å². The molecule has 0 saturated heterocycles. The van der Waals surface area contributed by atoms with Crippen LogP contribution in [0.3, 0.4) is 0 Å². The van der Waals surface area contributed by atoms with Crippen molar-refractivity contribution in [3.8, 4) is 0 Å². The van der Waals surface area contributed by atoms with E-state index in [1.165, 1.54) is 6.42 Å². The number of nitrogens with one attached hydrogen (secondary N) is 2. The Labute approximate surface area is 162 Å². The lowest BCUT2D eigenvalue weighted by atomic mass is 9.71. The van der Waals surface area contributed by atoms with E-state index >= 15 is 0 Å². The normalized spacial score (nSPS) is 15.9. The molecular formula is C20H32ClN3O2. The van der Waals surface area contributed by atoms with Gasteiger partial charge in [0.1, 0.15) is 0 Å². The molecule has 0 spiro atoms. The fourth-order valence-corrected chi connectivity index (χ4v) is 3.58. The van der Waals surface area contributed by atoms with Gasteiger partial charge in [-0.25, -0.2) is 0 Å². The van der Waals surface area contributed by atoms with Crippen LogP contribution in [0.1, 0.15) is 68.3 Å². The first kappa shape index (κ1) is 22.5. The van der Waals surface area contributed by atoms with E-state index in [0.717, 1.165) is 31.2 Å². The first-order valence-corrected chi connectivity index (χ1v) is 9.27. The van der Waals surface area contributed by atoms with E-state index in [9.17, 15) is 9.59 Å². The number of amides is 2. The van der Waals surface area contributed by atoms with Gasteiger partial charge in [-0.2, -0.15) is 0 Å². The average Bonchev–Trinajstić information content (AvgIpc) is 2.56. The number of hydrogen-bond donors (Lipinski definition) is 3. The summed E-state index contributed by atoms with van der Waals surface area (Å²) in [5, 5.41) is 5.84. The van der Waals surface area contributed by atoms with Crippen molar-refractivity contribution in [1.29, 1.82) is 0 Å². The summed E-state index contributed by atoms with van der Waals surface area (Å²) in [5.74, 6) is -0.138. The van der Waals surface area contributed by atoms with E-state index in [1.54, 1.807) is 6.07 Å². The molecule has 1 aromatic carbocycles. The van der Waals surface area contributed by atoms with Gasteiger partial charge in [0.05, 0.1) is 0 Å². The van der Waals surface area contributed by atoms with Crippen LogP contribution in [0.4, 0.5) is 5.69 Å².